The zero-order chi connectivity index (χ0) is 32.2. The topological polar surface area (TPSA) is 163 Å². The molecular formula is C33H58O10S. The van der Waals surface area contributed by atoms with Gasteiger partial charge in [-0.3, -0.25) is 4.55 Å². The van der Waals surface area contributed by atoms with Gasteiger partial charge in [0.15, 0.2) is 6.29 Å². The van der Waals surface area contributed by atoms with Gasteiger partial charge in [-0.25, -0.2) is 4.18 Å². The highest BCUT2D eigenvalue weighted by molar-refractivity contribution is 7.80. The van der Waals surface area contributed by atoms with Crippen LogP contribution in [0, 0.1) is 52.3 Å². The molecule has 5 N–H and O–H groups in total. The summed E-state index contributed by atoms with van der Waals surface area (Å²) in [6, 6.07) is 0. The fraction of sp³-hybridized carbons (Fsp3) is 1.00. The molecule has 0 aromatic heterocycles. The first-order valence-corrected chi connectivity index (χ1v) is 18.6. The van der Waals surface area contributed by atoms with Crippen LogP contribution in [0.2, 0.25) is 0 Å². The van der Waals surface area contributed by atoms with Crippen molar-refractivity contribution in [1.29, 1.82) is 0 Å². The largest absolute Gasteiger partial charge is 0.397 e. The van der Waals surface area contributed by atoms with Crippen LogP contribution in [-0.2, 0) is 24.1 Å². The minimum absolute atomic E-state index is 0.131. The summed E-state index contributed by atoms with van der Waals surface area (Å²) in [7, 11) is -4.62. The number of aliphatic hydroxyl groups excluding tert-OH is 4. The number of rotatable bonds is 10. The monoisotopic (exact) mass is 646 g/mol. The van der Waals surface area contributed by atoms with E-state index in [-0.39, 0.29) is 16.7 Å². The Morgan fingerprint density at radius 1 is 0.864 bits per heavy atom. The number of ether oxygens (including phenoxy) is 2. The Morgan fingerprint density at radius 2 is 1.55 bits per heavy atom. The van der Waals surface area contributed by atoms with Gasteiger partial charge in [0.05, 0.1) is 18.8 Å². The minimum atomic E-state index is -4.62. The Labute approximate surface area is 264 Å². The maximum atomic E-state index is 11.7. The summed E-state index contributed by atoms with van der Waals surface area (Å²) in [4.78, 5) is 0. The van der Waals surface area contributed by atoms with Crippen molar-refractivity contribution < 1.29 is 47.1 Å². The van der Waals surface area contributed by atoms with Crippen molar-refractivity contribution in [3.8, 4) is 0 Å². The summed E-state index contributed by atoms with van der Waals surface area (Å²) in [5.74, 6) is 3.28. The molecule has 1 saturated heterocycles. The predicted molar refractivity (Wildman–Crippen MR) is 164 cm³/mol. The molecule has 1 aliphatic heterocycles. The van der Waals surface area contributed by atoms with E-state index in [4.69, 9.17) is 13.7 Å². The van der Waals surface area contributed by atoms with E-state index in [1.165, 1.54) is 38.5 Å². The highest BCUT2D eigenvalue weighted by Crippen LogP contribution is 2.69. The molecule has 1 heterocycles. The summed E-state index contributed by atoms with van der Waals surface area (Å²) in [6.45, 7) is 11.3. The molecule has 5 aliphatic rings. The lowest BCUT2D eigenvalue weighted by molar-refractivity contribution is -0.327. The fourth-order valence-corrected chi connectivity index (χ4v) is 11.5. The zero-order valence-corrected chi connectivity index (χ0v) is 28.1. The molecule has 256 valence electrons. The molecule has 4 saturated carbocycles. The van der Waals surface area contributed by atoms with Gasteiger partial charge in [0.25, 0.3) is 0 Å². The van der Waals surface area contributed by atoms with E-state index in [9.17, 15) is 33.4 Å². The molecule has 0 radical (unpaired) electrons. The zero-order valence-electron chi connectivity index (χ0n) is 27.3. The number of hydrogen-bond acceptors (Lipinski definition) is 9. The van der Waals surface area contributed by atoms with Crippen LogP contribution < -0.4 is 0 Å². The van der Waals surface area contributed by atoms with Crippen LogP contribution in [0.4, 0.5) is 0 Å². The SMILES string of the molecule is CC(C)CCCC(C)C1CCC2C3CC(OC4OC(CO)C(O)C(O)C4O)C4CC(OS(=O)(=O)O)CCC4(C)C3CCC12C. The Bertz CT molecular complexity index is 1080. The molecular weight excluding hydrogens is 588 g/mol. The van der Waals surface area contributed by atoms with E-state index >= 15 is 0 Å². The Morgan fingerprint density at radius 3 is 2.20 bits per heavy atom. The molecule has 0 spiro atoms. The van der Waals surface area contributed by atoms with Gasteiger partial charge in [-0.15, -0.1) is 0 Å². The number of hydrogen-bond donors (Lipinski definition) is 5. The quantitative estimate of drug-likeness (QED) is 0.173. The second-order valence-electron chi connectivity index (χ2n) is 16.0. The predicted octanol–water partition coefficient (Wildman–Crippen LogP) is 4.09. The molecule has 5 rings (SSSR count). The van der Waals surface area contributed by atoms with Gasteiger partial charge in [-0.1, -0.05) is 53.9 Å². The van der Waals surface area contributed by atoms with Crippen LogP contribution in [0.1, 0.15) is 105 Å². The van der Waals surface area contributed by atoms with Crippen LogP contribution in [-0.4, -0.2) is 82.9 Å². The van der Waals surface area contributed by atoms with Crippen molar-refractivity contribution in [3.63, 3.8) is 0 Å². The van der Waals surface area contributed by atoms with Crippen LogP contribution in [0.3, 0.4) is 0 Å². The number of fused-ring (bicyclic) bond motifs is 5. The first-order valence-electron chi connectivity index (χ1n) is 17.2. The van der Waals surface area contributed by atoms with Crippen LogP contribution in [0.25, 0.3) is 0 Å². The summed E-state index contributed by atoms with van der Waals surface area (Å²) in [6.07, 6.45) is 2.85. The van der Waals surface area contributed by atoms with Gasteiger partial charge < -0.3 is 29.9 Å². The first kappa shape index (κ1) is 35.0. The molecule has 0 aromatic carbocycles. The summed E-state index contributed by atoms with van der Waals surface area (Å²) in [5.41, 5.74) is 0.0592. The average molecular weight is 647 g/mol. The third kappa shape index (κ3) is 6.65. The molecule has 15 unspecified atom stereocenters. The van der Waals surface area contributed by atoms with Crippen molar-refractivity contribution in [2.45, 2.75) is 148 Å². The van der Waals surface area contributed by atoms with Crippen LogP contribution >= 0.6 is 0 Å². The lowest BCUT2D eigenvalue weighted by Gasteiger charge is -2.63. The summed E-state index contributed by atoms with van der Waals surface area (Å²) >= 11 is 0. The van der Waals surface area contributed by atoms with Crippen molar-refractivity contribution in [1.82, 2.24) is 0 Å². The van der Waals surface area contributed by atoms with Crippen molar-refractivity contribution in [3.05, 3.63) is 0 Å². The summed E-state index contributed by atoms with van der Waals surface area (Å²) < 4.78 is 50.2. The normalized spacial score (nSPS) is 48.4. The number of aliphatic hydroxyl groups is 4. The Balaban J connectivity index is 1.41. The second kappa shape index (κ2) is 13.3. The van der Waals surface area contributed by atoms with Gasteiger partial charge in [-0.2, -0.15) is 8.42 Å². The molecule has 4 aliphatic carbocycles. The van der Waals surface area contributed by atoms with Gasteiger partial charge in [0.2, 0.25) is 0 Å². The highest BCUT2D eigenvalue weighted by Gasteiger charge is 2.63. The van der Waals surface area contributed by atoms with Gasteiger partial charge in [0, 0.05) is 0 Å². The maximum Gasteiger partial charge on any atom is 0.397 e. The van der Waals surface area contributed by atoms with Crippen molar-refractivity contribution in [2.75, 3.05) is 6.61 Å². The van der Waals surface area contributed by atoms with E-state index in [1.54, 1.807) is 0 Å². The van der Waals surface area contributed by atoms with E-state index in [0.717, 1.165) is 18.8 Å². The maximum absolute atomic E-state index is 11.7. The third-order valence-corrected chi connectivity index (χ3v) is 13.7. The third-order valence-electron chi connectivity index (χ3n) is 13.2. The van der Waals surface area contributed by atoms with Gasteiger partial charge in [0.1, 0.15) is 24.4 Å². The Hall–Kier alpha value is -0.370. The molecule has 5 fully saturated rings. The summed E-state index contributed by atoms with van der Waals surface area (Å²) in [5, 5.41) is 41.5. The standard InChI is InChI=1S/C33H58O10S/c1-18(2)7-6-8-19(3)22-9-10-23-21-16-26(41-31-30(37)29(36)28(35)27(17-34)42-31)25-15-20(43-44(38,39)40)11-13-33(25,5)24(21)12-14-32(22,23)4/h18-31,34-37H,6-17H2,1-5H3,(H,38,39,40). The molecule has 0 bridgehead atoms. The molecule has 0 amide bonds. The van der Waals surface area contributed by atoms with E-state index in [0.29, 0.717) is 48.9 Å². The van der Waals surface area contributed by atoms with Gasteiger partial charge in [-0.05, 0) is 104 Å². The average Bonchev–Trinajstić information content (AvgIpc) is 3.30. The highest BCUT2D eigenvalue weighted by atomic mass is 32.3. The molecule has 11 heteroatoms. The lowest BCUT2D eigenvalue weighted by atomic mass is 9.43. The van der Waals surface area contributed by atoms with Gasteiger partial charge >= 0.3 is 10.4 Å². The van der Waals surface area contributed by atoms with Crippen molar-refractivity contribution in [2.24, 2.45) is 52.3 Å². The molecule has 0 aromatic rings. The fourth-order valence-electron chi connectivity index (χ4n) is 11.0. The van der Waals surface area contributed by atoms with Crippen LogP contribution in [0.5, 0.6) is 0 Å². The molecule has 10 nitrogen and oxygen atoms in total. The van der Waals surface area contributed by atoms with Crippen molar-refractivity contribution >= 4 is 10.4 Å². The first-order chi connectivity index (χ1) is 20.6. The second-order valence-corrected chi connectivity index (χ2v) is 17.1. The van der Waals surface area contributed by atoms with Crippen LogP contribution in [0.15, 0.2) is 0 Å². The molecule has 15 atom stereocenters. The Kier molecular flexibility index (Phi) is 10.5. The van der Waals surface area contributed by atoms with E-state index < -0.39 is 59.9 Å². The lowest BCUT2D eigenvalue weighted by Crippen LogP contribution is -2.63. The smallest absolute Gasteiger partial charge is 0.394 e. The minimum Gasteiger partial charge on any atom is -0.394 e. The van der Waals surface area contributed by atoms with E-state index in [2.05, 4.69) is 34.6 Å². The van der Waals surface area contributed by atoms with E-state index in [1.807, 2.05) is 0 Å². The molecule has 44 heavy (non-hydrogen) atoms.